The summed E-state index contributed by atoms with van der Waals surface area (Å²) < 4.78 is 14.6. The van der Waals surface area contributed by atoms with E-state index in [1.54, 1.807) is 0 Å². The predicted octanol–water partition coefficient (Wildman–Crippen LogP) is 6.86. The molecule has 0 bridgehead atoms. The first kappa shape index (κ1) is 24.9. The Morgan fingerprint density at radius 3 is 2.20 bits per heavy atom. The van der Waals surface area contributed by atoms with Gasteiger partial charge in [-0.3, -0.25) is 4.79 Å². The van der Waals surface area contributed by atoms with Crippen LogP contribution in [-0.4, -0.2) is 36.2 Å². The zero-order chi connectivity index (χ0) is 24.4. The molecule has 3 aromatic rings. The van der Waals surface area contributed by atoms with Gasteiger partial charge in [-0.15, -0.1) is 0 Å². The smallest absolute Gasteiger partial charge is 0.407 e. The largest absolute Gasteiger partial charge is 0.490 e. The van der Waals surface area contributed by atoms with Crippen molar-refractivity contribution in [2.45, 2.75) is 33.1 Å². The molecule has 0 amide bonds. The van der Waals surface area contributed by atoms with E-state index in [0.717, 1.165) is 47.0 Å². The number of halogens is 1. The number of nitrogens with zero attached hydrogens (tertiary/aromatic N) is 2. The van der Waals surface area contributed by atoms with Crippen molar-refractivity contribution < 1.29 is 14.1 Å². The van der Waals surface area contributed by atoms with Crippen LogP contribution in [0.4, 0.5) is 0 Å². The fourth-order valence-electron chi connectivity index (χ4n) is 4.68. The Morgan fingerprint density at radius 1 is 1.06 bits per heavy atom. The van der Waals surface area contributed by atoms with Crippen molar-refractivity contribution in [2.24, 2.45) is 11.3 Å². The Bertz CT molecular complexity index is 1210. The van der Waals surface area contributed by atoms with Gasteiger partial charge in [0.2, 0.25) is 0 Å². The summed E-state index contributed by atoms with van der Waals surface area (Å²) in [7, 11) is -0.350. The molecule has 2 fully saturated rings. The van der Waals surface area contributed by atoms with Crippen molar-refractivity contribution in [3.8, 4) is 11.1 Å². The number of aromatic nitrogens is 2. The van der Waals surface area contributed by atoms with Crippen LogP contribution in [-0.2, 0) is 9.31 Å². The van der Waals surface area contributed by atoms with Gasteiger partial charge in [0.25, 0.3) is 0 Å². The lowest BCUT2D eigenvalue weighted by molar-refractivity contribution is 0.0303. The fourth-order valence-corrected chi connectivity index (χ4v) is 5.76. The molecule has 0 radical (unpaired) electrons. The SMILES string of the molecule is CC1(C)COB(/C(=C(\c2ccc(C=O)cc2)c2ccc(-c3cnn(PI)c3)cc2)C2CCC2)OC1. The van der Waals surface area contributed by atoms with Crippen LogP contribution in [0.1, 0.15) is 54.6 Å². The number of allylic oxidation sites excluding steroid dienone is 1. The van der Waals surface area contributed by atoms with Gasteiger partial charge in [0.05, 0.1) is 12.6 Å². The van der Waals surface area contributed by atoms with E-state index in [1.165, 1.54) is 11.9 Å². The van der Waals surface area contributed by atoms with Crippen LogP contribution in [0.15, 0.2) is 66.4 Å². The second-order valence-electron chi connectivity index (χ2n) is 10.2. The minimum atomic E-state index is -0.350. The van der Waals surface area contributed by atoms with Gasteiger partial charge in [0.1, 0.15) is 6.29 Å². The third-order valence-electron chi connectivity index (χ3n) is 6.85. The highest BCUT2D eigenvalue weighted by Crippen LogP contribution is 2.43. The molecule has 0 spiro atoms. The Kier molecular flexibility index (Phi) is 7.59. The molecule has 8 heteroatoms. The average Bonchev–Trinajstić information content (AvgIpc) is 3.33. The van der Waals surface area contributed by atoms with E-state index in [9.17, 15) is 4.79 Å². The molecule has 1 aliphatic heterocycles. The molecule has 2 heterocycles. The van der Waals surface area contributed by atoms with Crippen LogP contribution in [0.2, 0.25) is 0 Å². The summed E-state index contributed by atoms with van der Waals surface area (Å²) in [4.78, 5) is 11.3. The minimum absolute atomic E-state index is 0.0115. The highest BCUT2D eigenvalue weighted by atomic mass is 127. The molecule has 1 saturated heterocycles. The van der Waals surface area contributed by atoms with E-state index in [0.29, 0.717) is 31.1 Å². The third kappa shape index (κ3) is 5.48. The Morgan fingerprint density at radius 2 is 1.69 bits per heavy atom. The maximum Gasteiger partial charge on any atom is 0.490 e. The zero-order valence-electron chi connectivity index (χ0n) is 20.0. The lowest BCUT2D eigenvalue weighted by Gasteiger charge is -2.39. The first-order valence-corrected chi connectivity index (χ1v) is 16.1. The van der Waals surface area contributed by atoms with Crippen molar-refractivity contribution in [3.63, 3.8) is 0 Å². The Balaban J connectivity index is 1.60. The third-order valence-corrected chi connectivity index (χ3v) is 8.75. The monoisotopic (exact) mass is 598 g/mol. The Hall–Kier alpha value is -1.80. The van der Waals surface area contributed by atoms with Gasteiger partial charge >= 0.3 is 7.12 Å². The van der Waals surface area contributed by atoms with E-state index < -0.39 is 0 Å². The Labute approximate surface area is 222 Å². The number of hydrogen-bond donors (Lipinski definition) is 0. The van der Waals surface area contributed by atoms with E-state index in [2.05, 4.69) is 71.4 Å². The van der Waals surface area contributed by atoms with Gasteiger partial charge in [0, 0.05) is 36.0 Å². The lowest BCUT2D eigenvalue weighted by atomic mass is 9.59. The molecular formula is C27H29BIN2O3P. The van der Waals surface area contributed by atoms with Gasteiger partial charge in [-0.2, -0.15) is 5.10 Å². The van der Waals surface area contributed by atoms with Crippen LogP contribution >= 0.6 is 28.4 Å². The normalized spacial score (nSPS) is 19.0. The molecule has 1 aromatic heterocycles. The fraction of sp³-hybridized carbons (Fsp3) is 0.333. The van der Waals surface area contributed by atoms with Crippen molar-refractivity contribution in [3.05, 3.63) is 83.1 Å². The van der Waals surface area contributed by atoms with Crippen LogP contribution < -0.4 is 0 Å². The van der Waals surface area contributed by atoms with Gasteiger partial charge in [-0.05, 0) is 68.5 Å². The number of aldehydes is 1. The lowest BCUT2D eigenvalue weighted by Crippen LogP contribution is -2.44. The summed E-state index contributed by atoms with van der Waals surface area (Å²) in [5.74, 6) is 0.435. The molecule has 1 unspecified atom stereocenters. The maximum atomic E-state index is 11.3. The molecular weight excluding hydrogens is 569 g/mol. The van der Waals surface area contributed by atoms with Crippen molar-refractivity contribution >= 4 is 47.4 Å². The van der Waals surface area contributed by atoms with E-state index in [-0.39, 0.29) is 12.5 Å². The maximum absolute atomic E-state index is 11.3. The molecule has 1 atom stereocenters. The second kappa shape index (κ2) is 10.7. The number of carbonyl (C=O) groups excluding carboxylic acids is 1. The molecule has 0 N–H and O–H groups in total. The predicted molar refractivity (Wildman–Crippen MR) is 152 cm³/mol. The first-order valence-electron chi connectivity index (χ1n) is 12.0. The van der Waals surface area contributed by atoms with Crippen molar-refractivity contribution in [1.82, 2.24) is 9.55 Å². The minimum Gasteiger partial charge on any atom is -0.407 e. The topological polar surface area (TPSA) is 53.3 Å². The van der Waals surface area contributed by atoms with Crippen LogP contribution in [0.5, 0.6) is 0 Å². The molecule has 180 valence electrons. The second-order valence-corrected chi connectivity index (χ2v) is 12.2. The molecule has 5 rings (SSSR count). The van der Waals surface area contributed by atoms with Gasteiger partial charge in [0.15, 0.2) is 0 Å². The van der Waals surface area contributed by atoms with Crippen molar-refractivity contribution in [1.29, 1.82) is 0 Å². The number of rotatable bonds is 7. The summed E-state index contributed by atoms with van der Waals surface area (Å²) in [5.41, 5.74) is 7.55. The van der Waals surface area contributed by atoms with Crippen LogP contribution in [0, 0.1) is 11.3 Å². The standard InChI is InChI=1S/C27H29BIN2O3P/c1-27(2)17-33-28(34-18-27)26(23-4-3-5-23)25(21-8-6-19(16-32)7-9-21)22-12-10-20(11-13-22)24-14-30-31(15-24)35-29/h6-16,23,35H,3-5,17-18H2,1-2H3/b26-25+. The average molecular weight is 598 g/mol. The molecule has 5 nitrogen and oxygen atoms in total. The summed E-state index contributed by atoms with van der Waals surface area (Å²) in [5, 5.41) is 4.43. The zero-order valence-corrected chi connectivity index (χ0v) is 23.2. The van der Waals surface area contributed by atoms with Gasteiger partial charge in [-0.25, -0.2) is 4.45 Å². The van der Waals surface area contributed by atoms with Gasteiger partial charge in [-0.1, -0.05) is 68.8 Å². The number of hydrogen-bond acceptors (Lipinski definition) is 4. The number of carbonyl (C=O) groups is 1. The quantitative estimate of drug-likeness (QED) is 0.129. The van der Waals surface area contributed by atoms with E-state index in [1.807, 2.05) is 34.9 Å². The van der Waals surface area contributed by atoms with Crippen LogP contribution in [0.25, 0.3) is 16.7 Å². The molecule has 2 aliphatic rings. The molecule has 2 aromatic carbocycles. The summed E-state index contributed by atoms with van der Waals surface area (Å²) >= 11 is 2.33. The van der Waals surface area contributed by atoms with Gasteiger partial charge < -0.3 is 9.31 Å². The van der Waals surface area contributed by atoms with Crippen LogP contribution in [0.3, 0.4) is 0 Å². The highest BCUT2D eigenvalue weighted by Gasteiger charge is 2.41. The number of benzene rings is 2. The first-order chi connectivity index (χ1) is 17.0. The van der Waals surface area contributed by atoms with E-state index in [4.69, 9.17) is 9.31 Å². The molecule has 1 aliphatic carbocycles. The highest BCUT2D eigenvalue weighted by molar-refractivity contribution is 14.2. The van der Waals surface area contributed by atoms with Crippen molar-refractivity contribution in [2.75, 3.05) is 13.2 Å². The summed E-state index contributed by atoms with van der Waals surface area (Å²) in [6.45, 7) is 5.69. The summed E-state index contributed by atoms with van der Waals surface area (Å²) in [6, 6.07) is 16.6. The molecule has 1 saturated carbocycles. The summed E-state index contributed by atoms with van der Waals surface area (Å²) in [6.07, 6.45) is 8.99. The molecule has 35 heavy (non-hydrogen) atoms. The van der Waals surface area contributed by atoms with E-state index >= 15 is 0 Å².